The molecule has 0 spiro atoms. The normalized spacial score (nSPS) is 22.5. The van der Waals surface area contributed by atoms with Gasteiger partial charge >= 0.3 is 6.18 Å². The van der Waals surface area contributed by atoms with Crippen LogP contribution in [0.25, 0.3) is 5.57 Å². The van der Waals surface area contributed by atoms with Crippen LogP contribution in [0, 0.1) is 18.8 Å². The van der Waals surface area contributed by atoms with E-state index in [0.29, 0.717) is 43.1 Å². The highest BCUT2D eigenvalue weighted by molar-refractivity contribution is 5.76. The molecule has 1 saturated heterocycles. The number of rotatable bonds is 8. The molecule has 0 aromatic carbocycles. The average molecular weight is 479 g/mol. The van der Waals surface area contributed by atoms with E-state index in [-0.39, 0.29) is 0 Å². The Morgan fingerprint density at radius 3 is 2.50 bits per heavy atom. The van der Waals surface area contributed by atoms with Gasteiger partial charge in [0.25, 0.3) is 0 Å². The lowest BCUT2D eigenvalue weighted by Crippen LogP contribution is -2.48. The number of nitrogens with one attached hydrogen (secondary N) is 1. The number of allylic oxidation sites excluding steroid dienone is 4. The highest BCUT2D eigenvalue weighted by atomic mass is 19.4. The molecule has 5 nitrogen and oxygen atoms in total. The van der Waals surface area contributed by atoms with E-state index in [4.69, 9.17) is 4.98 Å². The van der Waals surface area contributed by atoms with E-state index in [0.717, 1.165) is 55.9 Å². The summed E-state index contributed by atoms with van der Waals surface area (Å²) in [4.78, 5) is 25.3. The van der Waals surface area contributed by atoms with Crippen molar-refractivity contribution < 1.29 is 18.0 Å². The first-order valence-electron chi connectivity index (χ1n) is 12.7. The van der Waals surface area contributed by atoms with Crippen LogP contribution in [0.15, 0.2) is 17.7 Å². The zero-order valence-electron chi connectivity index (χ0n) is 20.5. The van der Waals surface area contributed by atoms with Crippen molar-refractivity contribution in [1.29, 1.82) is 0 Å². The van der Waals surface area contributed by atoms with Crippen LogP contribution in [0.3, 0.4) is 0 Å². The van der Waals surface area contributed by atoms with Gasteiger partial charge in [-0.15, -0.1) is 0 Å². The number of imidazole rings is 1. The fraction of sp³-hybridized carbons (Fsp3) is 0.692. The van der Waals surface area contributed by atoms with Gasteiger partial charge in [0.05, 0.1) is 5.69 Å². The number of carbonyl (C=O) groups is 1. The molecule has 1 aromatic heterocycles. The summed E-state index contributed by atoms with van der Waals surface area (Å²) in [5, 5.41) is 0. The van der Waals surface area contributed by atoms with E-state index in [1.54, 1.807) is 13.0 Å². The van der Waals surface area contributed by atoms with Gasteiger partial charge in [0.15, 0.2) is 0 Å². The number of amides is 1. The lowest BCUT2D eigenvalue weighted by atomic mass is 9.88. The third kappa shape index (κ3) is 5.93. The number of piperidine rings is 1. The predicted octanol–water partition coefficient (Wildman–Crippen LogP) is 5.63. The lowest BCUT2D eigenvalue weighted by Gasteiger charge is -2.38. The van der Waals surface area contributed by atoms with Gasteiger partial charge in [-0.05, 0) is 62.9 Å². The molecule has 1 aromatic rings. The molecule has 4 rings (SSSR count). The molecule has 1 saturated carbocycles. The maximum atomic E-state index is 13.1. The van der Waals surface area contributed by atoms with E-state index >= 15 is 0 Å². The first kappa shape index (κ1) is 25.0. The fourth-order valence-corrected chi connectivity index (χ4v) is 5.21. The number of likely N-dealkylation sites (tertiary alicyclic amines) is 1. The van der Waals surface area contributed by atoms with Crippen LogP contribution in [0.1, 0.15) is 76.0 Å². The second kappa shape index (κ2) is 10.3. The highest BCUT2D eigenvalue weighted by Crippen LogP contribution is 2.39. The number of halogens is 3. The highest BCUT2D eigenvalue weighted by Gasteiger charge is 2.38. The largest absolute Gasteiger partial charge is 0.412 e. The summed E-state index contributed by atoms with van der Waals surface area (Å²) < 4.78 is 39.4. The summed E-state index contributed by atoms with van der Waals surface area (Å²) in [5.74, 6) is 1.09. The Morgan fingerprint density at radius 1 is 1.21 bits per heavy atom. The van der Waals surface area contributed by atoms with E-state index in [1.165, 1.54) is 18.9 Å². The number of hydrogen-bond acceptors (Lipinski definition) is 3. The lowest BCUT2D eigenvalue weighted by molar-refractivity contribution is -0.135. The van der Waals surface area contributed by atoms with Crippen molar-refractivity contribution in [3.63, 3.8) is 0 Å². The molecule has 0 bridgehead atoms. The topological polar surface area (TPSA) is 52.2 Å². The molecular formula is C26H37F3N4O. The van der Waals surface area contributed by atoms with Gasteiger partial charge < -0.3 is 9.88 Å². The summed E-state index contributed by atoms with van der Waals surface area (Å²) in [6.07, 6.45) is 4.77. The Hall–Kier alpha value is -2.09. The molecule has 2 heterocycles. The Labute approximate surface area is 200 Å². The maximum Gasteiger partial charge on any atom is 0.412 e. The average Bonchev–Trinajstić information content (AvgIpc) is 3.53. The molecule has 2 fully saturated rings. The molecule has 2 aliphatic carbocycles. The van der Waals surface area contributed by atoms with Crippen LogP contribution < -0.4 is 0 Å². The summed E-state index contributed by atoms with van der Waals surface area (Å²) in [6, 6.07) is 0.329. The van der Waals surface area contributed by atoms with Crippen LogP contribution in [0.5, 0.6) is 0 Å². The van der Waals surface area contributed by atoms with Gasteiger partial charge in [0.1, 0.15) is 5.82 Å². The molecular weight excluding hydrogens is 441 g/mol. The number of nitrogens with zero attached hydrogens (tertiary/aromatic N) is 3. The summed E-state index contributed by atoms with van der Waals surface area (Å²) in [6.45, 7) is 9.13. The van der Waals surface area contributed by atoms with Crippen molar-refractivity contribution >= 4 is 11.5 Å². The monoisotopic (exact) mass is 478 g/mol. The number of H-pyrrole nitrogens is 1. The molecule has 1 atom stereocenters. The minimum atomic E-state index is -4.28. The van der Waals surface area contributed by atoms with Crippen molar-refractivity contribution in [2.45, 2.75) is 84.5 Å². The number of carbonyl (C=O) groups excluding carboxylic acids is 1. The SMILES string of the molecule is CCCC(=O)N(CC1CC1)C1CCN(Cc2nc(C3=CC=C(C(F)(F)F)C(C)C3)[nH]c2C)CC1. The van der Waals surface area contributed by atoms with E-state index in [1.807, 2.05) is 6.92 Å². The smallest absolute Gasteiger partial charge is 0.342 e. The van der Waals surface area contributed by atoms with Crippen molar-refractivity contribution in [3.05, 3.63) is 34.9 Å². The van der Waals surface area contributed by atoms with Crippen LogP contribution in [-0.4, -0.2) is 57.5 Å². The second-order valence-corrected chi connectivity index (χ2v) is 10.3. The Morgan fingerprint density at radius 2 is 1.91 bits per heavy atom. The van der Waals surface area contributed by atoms with Crippen LogP contribution in [0.4, 0.5) is 13.2 Å². The molecule has 1 unspecified atom stereocenters. The van der Waals surface area contributed by atoms with E-state index < -0.39 is 17.7 Å². The van der Waals surface area contributed by atoms with Gasteiger partial charge in [0, 0.05) is 49.9 Å². The third-order valence-corrected chi connectivity index (χ3v) is 7.45. The van der Waals surface area contributed by atoms with E-state index in [9.17, 15) is 18.0 Å². The van der Waals surface area contributed by atoms with Crippen molar-refractivity contribution in [3.8, 4) is 0 Å². The van der Waals surface area contributed by atoms with Crippen LogP contribution in [-0.2, 0) is 11.3 Å². The minimum Gasteiger partial charge on any atom is -0.342 e. The van der Waals surface area contributed by atoms with Gasteiger partial charge in [0.2, 0.25) is 5.91 Å². The number of aryl methyl sites for hydroxylation is 1. The molecule has 1 N–H and O–H groups in total. The number of hydrogen-bond donors (Lipinski definition) is 1. The van der Waals surface area contributed by atoms with Gasteiger partial charge in [-0.3, -0.25) is 9.69 Å². The Balaban J connectivity index is 1.36. The van der Waals surface area contributed by atoms with Crippen molar-refractivity contribution in [2.75, 3.05) is 19.6 Å². The molecule has 188 valence electrons. The third-order valence-electron chi connectivity index (χ3n) is 7.45. The van der Waals surface area contributed by atoms with Gasteiger partial charge in [-0.2, -0.15) is 13.2 Å². The quantitative estimate of drug-likeness (QED) is 0.527. The predicted molar refractivity (Wildman–Crippen MR) is 127 cm³/mol. The fourth-order valence-electron chi connectivity index (χ4n) is 5.21. The maximum absolute atomic E-state index is 13.1. The number of aromatic nitrogens is 2. The molecule has 0 radical (unpaired) electrons. The second-order valence-electron chi connectivity index (χ2n) is 10.3. The number of aromatic amines is 1. The van der Waals surface area contributed by atoms with Gasteiger partial charge in [-0.1, -0.05) is 26.0 Å². The number of alkyl halides is 3. The zero-order chi connectivity index (χ0) is 24.5. The summed E-state index contributed by atoms with van der Waals surface area (Å²) >= 11 is 0. The summed E-state index contributed by atoms with van der Waals surface area (Å²) in [5.41, 5.74) is 2.25. The molecule has 8 heteroatoms. The summed E-state index contributed by atoms with van der Waals surface area (Å²) in [7, 11) is 0. The zero-order valence-corrected chi connectivity index (χ0v) is 20.5. The standard InChI is InChI=1S/C26H37F3N4O/c1-4-5-24(34)33(15-19-6-7-19)21-10-12-32(13-11-21)16-23-18(3)30-25(31-23)20-8-9-22(17(2)14-20)26(27,28)29/h8-9,17,19,21H,4-7,10-16H2,1-3H3,(H,30,31). The minimum absolute atomic E-state index is 0.304. The molecule has 34 heavy (non-hydrogen) atoms. The van der Waals surface area contributed by atoms with Crippen molar-refractivity contribution in [1.82, 2.24) is 19.8 Å². The van der Waals surface area contributed by atoms with Gasteiger partial charge in [-0.25, -0.2) is 4.98 Å². The van der Waals surface area contributed by atoms with E-state index in [2.05, 4.69) is 21.7 Å². The Bertz CT molecular complexity index is 936. The molecule has 1 amide bonds. The molecule has 1 aliphatic heterocycles. The van der Waals surface area contributed by atoms with Crippen molar-refractivity contribution in [2.24, 2.45) is 11.8 Å². The van der Waals surface area contributed by atoms with Crippen LogP contribution in [0.2, 0.25) is 0 Å². The molecule has 3 aliphatic rings. The first-order valence-corrected chi connectivity index (χ1v) is 12.7. The Kier molecular flexibility index (Phi) is 7.55. The first-order chi connectivity index (χ1) is 16.2. The van der Waals surface area contributed by atoms with Crippen LogP contribution >= 0.6 is 0 Å².